The van der Waals surface area contributed by atoms with E-state index >= 15 is 0 Å². The minimum atomic E-state index is -0.703. The minimum Gasteiger partial charge on any atom is -0.482 e. The number of amides is 2. The van der Waals surface area contributed by atoms with Crippen LogP contribution in [0, 0.1) is 6.92 Å². The summed E-state index contributed by atoms with van der Waals surface area (Å²) in [5.41, 5.74) is 0.822. The Labute approximate surface area is 152 Å². The van der Waals surface area contributed by atoms with Gasteiger partial charge in [0.05, 0.1) is 0 Å². The number of hydrogen-bond acceptors (Lipinski definition) is 5. The zero-order chi connectivity index (χ0) is 18.8. The van der Waals surface area contributed by atoms with Crippen molar-refractivity contribution in [2.75, 3.05) is 19.8 Å². The smallest absolute Gasteiger partial charge is 0.344 e. The van der Waals surface area contributed by atoms with Gasteiger partial charge in [0.25, 0.3) is 5.91 Å². The first-order valence-corrected chi connectivity index (χ1v) is 8.33. The minimum absolute atomic E-state index is 0.289. The maximum Gasteiger partial charge on any atom is 0.344 e. The maximum absolute atomic E-state index is 11.7. The summed E-state index contributed by atoms with van der Waals surface area (Å²) in [6.45, 7) is 5.02. The Bertz CT molecular complexity index is 621. The Morgan fingerprint density at radius 2 is 1.96 bits per heavy atom. The van der Waals surface area contributed by atoms with Gasteiger partial charge in [0.1, 0.15) is 11.8 Å². The molecule has 0 aliphatic rings. The van der Waals surface area contributed by atoms with Crippen LogP contribution in [-0.4, -0.2) is 43.6 Å². The van der Waals surface area contributed by atoms with Crippen LogP contribution in [0.25, 0.3) is 0 Å². The molecule has 1 atom stereocenters. The van der Waals surface area contributed by atoms with Crippen LogP contribution in [0.5, 0.6) is 5.75 Å². The Balaban J connectivity index is 2.29. The fourth-order valence-electron chi connectivity index (χ4n) is 1.79. The summed E-state index contributed by atoms with van der Waals surface area (Å²) in [5, 5.41) is 5.71. The van der Waals surface area contributed by atoms with E-state index in [1.165, 1.54) is 0 Å². The SMILES string of the molecule is CCCNC(=O)[C@H](C)NC(=O)COC(=O)COc1ccc(Cl)c(C)c1. The van der Waals surface area contributed by atoms with Gasteiger partial charge in [-0.05, 0) is 44.0 Å². The molecular weight excluding hydrogens is 348 g/mol. The van der Waals surface area contributed by atoms with Gasteiger partial charge in [-0.2, -0.15) is 0 Å². The summed E-state index contributed by atoms with van der Waals surface area (Å²) in [7, 11) is 0. The van der Waals surface area contributed by atoms with E-state index in [4.69, 9.17) is 21.1 Å². The number of nitrogens with one attached hydrogen (secondary N) is 2. The topological polar surface area (TPSA) is 93.7 Å². The quantitative estimate of drug-likeness (QED) is 0.644. The number of halogens is 1. The summed E-state index contributed by atoms with van der Waals surface area (Å²) in [5.74, 6) is -1.06. The molecule has 0 fully saturated rings. The third-order valence-corrected chi connectivity index (χ3v) is 3.59. The van der Waals surface area contributed by atoms with Crippen LogP contribution < -0.4 is 15.4 Å². The highest BCUT2D eigenvalue weighted by molar-refractivity contribution is 6.31. The number of carbonyl (C=O) groups excluding carboxylic acids is 3. The van der Waals surface area contributed by atoms with Crippen molar-refractivity contribution >= 4 is 29.4 Å². The molecular formula is C17H23ClN2O5. The van der Waals surface area contributed by atoms with Crippen molar-refractivity contribution in [2.24, 2.45) is 0 Å². The van der Waals surface area contributed by atoms with Crippen LogP contribution in [0.2, 0.25) is 5.02 Å². The molecule has 0 saturated heterocycles. The van der Waals surface area contributed by atoms with Crippen molar-refractivity contribution in [3.8, 4) is 5.75 Å². The summed E-state index contributed by atoms with van der Waals surface area (Å²) >= 11 is 5.90. The number of ether oxygens (including phenoxy) is 2. The van der Waals surface area contributed by atoms with E-state index in [1.807, 2.05) is 13.8 Å². The van der Waals surface area contributed by atoms with E-state index < -0.39 is 24.5 Å². The molecule has 8 heteroatoms. The molecule has 2 N–H and O–H groups in total. The van der Waals surface area contributed by atoms with Gasteiger partial charge in [0.2, 0.25) is 5.91 Å². The molecule has 0 aromatic heterocycles. The lowest BCUT2D eigenvalue weighted by Crippen LogP contribution is -2.46. The highest BCUT2D eigenvalue weighted by atomic mass is 35.5. The van der Waals surface area contributed by atoms with Gasteiger partial charge in [0.15, 0.2) is 13.2 Å². The van der Waals surface area contributed by atoms with Crippen molar-refractivity contribution in [2.45, 2.75) is 33.2 Å². The first-order valence-electron chi connectivity index (χ1n) is 7.95. The largest absolute Gasteiger partial charge is 0.482 e. The summed E-state index contributed by atoms with van der Waals surface area (Å²) in [4.78, 5) is 34.9. The molecule has 7 nitrogen and oxygen atoms in total. The van der Waals surface area contributed by atoms with Gasteiger partial charge in [-0.25, -0.2) is 4.79 Å². The van der Waals surface area contributed by atoms with Crippen molar-refractivity contribution in [1.29, 1.82) is 0 Å². The Hall–Kier alpha value is -2.28. The number of esters is 1. The Morgan fingerprint density at radius 3 is 2.60 bits per heavy atom. The molecule has 1 aromatic rings. The van der Waals surface area contributed by atoms with Gasteiger partial charge in [-0.1, -0.05) is 18.5 Å². The number of benzene rings is 1. The standard InChI is InChI=1S/C17H23ClN2O5/c1-4-7-19-17(23)12(3)20-15(21)9-25-16(22)10-24-13-5-6-14(18)11(2)8-13/h5-6,8,12H,4,7,9-10H2,1-3H3,(H,19,23)(H,20,21)/t12-/m0/s1. The van der Waals surface area contributed by atoms with Crippen molar-refractivity contribution in [1.82, 2.24) is 10.6 Å². The molecule has 0 radical (unpaired) electrons. The summed E-state index contributed by atoms with van der Waals surface area (Å²) in [6, 6.07) is 4.28. The lowest BCUT2D eigenvalue weighted by molar-refractivity contribution is -0.150. The first-order chi connectivity index (χ1) is 11.8. The molecule has 0 heterocycles. The monoisotopic (exact) mass is 370 g/mol. The number of carbonyl (C=O) groups is 3. The molecule has 0 unspecified atom stereocenters. The van der Waals surface area contributed by atoms with Crippen LogP contribution in [-0.2, 0) is 19.1 Å². The molecule has 1 aromatic carbocycles. The molecule has 0 aliphatic heterocycles. The fourth-order valence-corrected chi connectivity index (χ4v) is 1.90. The normalized spacial score (nSPS) is 11.4. The van der Waals surface area contributed by atoms with Gasteiger partial charge in [-0.15, -0.1) is 0 Å². The van der Waals surface area contributed by atoms with Gasteiger partial charge >= 0.3 is 5.97 Å². The number of aryl methyl sites for hydroxylation is 1. The predicted molar refractivity (Wildman–Crippen MR) is 93.5 cm³/mol. The van der Waals surface area contributed by atoms with Crippen LogP contribution in [0.4, 0.5) is 0 Å². The zero-order valence-electron chi connectivity index (χ0n) is 14.6. The van der Waals surface area contributed by atoms with E-state index in [2.05, 4.69) is 10.6 Å². The van der Waals surface area contributed by atoms with Crippen molar-refractivity contribution in [3.63, 3.8) is 0 Å². The van der Waals surface area contributed by atoms with Crippen molar-refractivity contribution in [3.05, 3.63) is 28.8 Å². The van der Waals surface area contributed by atoms with Gasteiger partial charge < -0.3 is 20.1 Å². The summed E-state index contributed by atoms with van der Waals surface area (Å²) in [6.07, 6.45) is 0.803. The maximum atomic E-state index is 11.7. The molecule has 0 saturated carbocycles. The second-order valence-corrected chi connectivity index (χ2v) is 5.85. The van der Waals surface area contributed by atoms with E-state index in [9.17, 15) is 14.4 Å². The molecule has 2 amide bonds. The molecule has 1 rings (SSSR count). The molecule has 25 heavy (non-hydrogen) atoms. The fraction of sp³-hybridized carbons (Fsp3) is 0.471. The van der Waals surface area contributed by atoms with E-state index in [0.717, 1.165) is 12.0 Å². The third-order valence-electron chi connectivity index (χ3n) is 3.17. The van der Waals surface area contributed by atoms with E-state index in [1.54, 1.807) is 25.1 Å². The van der Waals surface area contributed by atoms with Crippen LogP contribution in [0.3, 0.4) is 0 Å². The predicted octanol–water partition coefficient (Wildman–Crippen LogP) is 1.60. The zero-order valence-corrected chi connectivity index (χ0v) is 15.3. The van der Waals surface area contributed by atoms with Crippen LogP contribution in [0.15, 0.2) is 18.2 Å². The molecule has 0 bridgehead atoms. The average Bonchev–Trinajstić information content (AvgIpc) is 2.58. The lowest BCUT2D eigenvalue weighted by atomic mass is 10.2. The summed E-state index contributed by atoms with van der Waals surface area (Å²) < 4.78 is 10.1. The molecule has 0 aliphatic carbocycles. The Kier molecular flexibility index (Phi) is 8.77. The highest BCUT2D eigenvalue weighted by Gasteiger charge is 2.16. The number of rotatable bonds is 9. The second kappa shape index (κ2) is 10.6. The molecule has 138 valence electrons. The number of hydrogen-bond donors (Lipinski definition) is 2. The van der Waals surface area contributed by atoms with E-state index in [0.29, 0.717) is 17.3 Å². The Morgan fingerprint density at radius 1 is 1.24 bits per heavy atom. The second-order valence-electron chi connectivity index (χ2n) is 5.44. The third kappa shape index (κ3) is 7.89. The van der Waals surface area contributed by atoms with Crippen LogP contribution >= 0.6 is 11.6 Å². The highest BCUT2D eigenvalue weighted by Crippen LogP contribution is 2.20. The van der Waals surface area contributed by atoms with E-state index in [-0.39, 0.29) is 12.5 Å². The van der Waals surface area contributed by atoms with Gasteiger partial charge in [-0.3, -0.25) is 9.59 Å². The van der Waals surface area contributed by atoms with Crippen molar-refractivity contribution < 1.29 is 23.9 Å². The molecule has 0 spiro atoms. The first kappa shape index (κ1) is 20.8. The van der Waals surface area contributed by atoms with Crippen LogP contribution in [0.1, 0.15) is 25.8 Å². The average molecular weight is 371 g/mol. The lowest BCUT2D eigenvalue weighted by Gasteiger charge is -2.14. The van der Waals surface area contributed by atoms with Gasteiger partial charge in [0, 0.05) is 11.6 Å².